The number of carbonyl (C=O) groups is 1. The topological polar surface area (TPSA) is 57.3 Å². The van der Waals surface area contributed by atoms with Crippen LogP contribution in [-0.2, 0) is 0 Å². The van der Waals surface area contributed by atoms with E-state index in [9.17, 15) is 4.79 Å². The van der Waals surface area contributed by atoms with Crippen LogP contribution in [0.3, 0.4) is 0 Å². The minimum Gasteiger partial charge on any atom is -0.372 e. The Morgan fingerprint density at radius 3 is 2.46 bits per heavy atom. The molecule has 0 atom stereocenters. The van der Waals surface area contributed by atoms with Gasteiger partial charge in [-0.15, -0.1) is 0 Å². The van der Waals surface area contributed by atoms with E-state index in [1.165, 1.54) is 44.2 Å². The van der Waals surface area contributed by atoms with Crippen LogP contribution < -0.4 is 15.5 Å². The van der Waals surface area contributed by atoms with E-state index in [-0.39, 0.29) is 5.91 Å². The van der Waals surface area contributed by atoms with Crippen LogP contribution >= 0.6 is 0 Å². The highest BCUT2D eigenvalue weighted by Crippen LogP contribution is 2.23. The van der Waals surface area contributed by atoms with Gasteiger partial charge in [0.15, 0.2) is 0 Å². The number of rotatable bonds is 5. The van der Waals surface area contributed by atoms with Crippen LogP contribution in [0, 0.1) is 0 Å². The van der Waals surface area contributed by atoms with Gasteiger partial charge in [-0.1, -0.05) is 12.8 Å². The normalized spacial score (nSPS) is 17.5. The number of nitrogens with one attached hydrogen (secondary N) is 2. The largest absolute Gasteiger partial charge is 0.372 e. The molecule has 26 heavy (non-hydrogen) atoms. The highest BCUT2D eigenvalue weighted by molar-refractivity contribution is 6.04. The predicted molar refractivity (Wildman–Crippen MR) is 106 cm³/mol. The highest BCUT2D eigenvalue weighted by Gasteiger charge is 2.16. The van der Waals surface area contributed by atoms with E-state index in [4.69, 9.17) is 0 Å². The first-order valence-electron chi connectivity index (χ1n) is 9.67. The number of amides is 1. The molecule has 2 aromatic rings. The second-order valence-corrected chi connectivity index (χ2v) is 7.25. The van der Waals surface area contributed by atoms with Crippen molar-refractivity contribution in [2.75, 3.05) is 28.6 Å². The van der Waals surface area contributed by atoms with Crippen molar-refractivity contribution in [1.82, 2.24) is 4.98 Å². The Morgan fingerprint density at radius 1 is 1.00 bits per heavy atom. The van der Waals surface area contributed by atoms with Crippen molar-refractivity contribution in [3.63, 3.8) is 0 Å². The predicted octanol–water partition coefficient (Wildman–Crippen LogP) is 4.29. The van der Waals surface area contributed by atoms with Gasteiger partial charge in [0.1, 0.15) is 5.82 Å². The molecule has 1 amide bonds. The zero-order valence-electron chi connectivity index (χ0n) is 15.1. The fourth-order valence-corrected chi connectivity index (χ4v) is 3.86. The van der Waals surface area contributed by atoms with Gasteiger partial charge in [-0.2, -0.15) is 0 Å². The number of pyridine rings is 1. The van der Waals surface area contributed by atoms with Crippen molar-refractivity contribution < 1.29 is 4.79 Å². The van der Waals surface area contributed by atoms with Crippen LogP contribution in [0.25, 0.3) is 0 Å². The third kappa shape index (κ3) is 3.98. The Hall–Kier alpha value is -2.56. The van der Waals surface area contributed by atoms with E-state index in [0.29, 0.717) is 11.6 Å². The number of aromatic nitrogens is 1. The van der Waals surface area contributed by atoms with Gasteiger partial charge in [-0.25, -0.2) is 4.98 Å². The molecule has 4 rings (SSSR count). The van der Waals surface area contributed by atoms with E-state index in [2.05, 4.69) is 32.7 Å². The molecule has 1 saturated heterocycles. The summed E-state index contributed by atoms with van der Waals surface area (Å²) in [6, 6.07) is 12.2. The summed E-state index contributed by atoms with van der Waals surface area (Å²) in [5.41, 5.74) is 2.68. The molecule has 2 N–H and O–H groups in total. The molecule has 0 bridgehead atoms. The van der Waals surface area contributed by atoms with Gasteiger partial charge >= 0.3 is 0 Å². The monoisotopic (exact) mass is 350 g/mol. The highest BCUT2D eigenvalue weighted by atomic mass is 16.1. The average Bonchev–Trinajstić information content (AvgIpc) is 3.36. The van der Waals surface area contributed by atoms with Gasteiger partial charge < -0.3 is 15.5 Å². The summed E-state index contributed by atoms with van der Waals surface area (Å²) in [5, 5.41) is 6.43. The standard InChI is InChI=1S/C21H26N4O/c26-21(16-11-12-22-20(15-16)23-17-5-1-2-6-17)24-18-7-9-19(10-8-18)25-13-3-4-14-25/h7-12,15,17H,1-6,13-14H2,(H,22,23)(H,24,26). The summed E-state index contributed by atoms with van der Waals surface area (Å²) in [4.78, 5) is 19.3. The van der Waals surface area contributed by atoms with E-state index < -0.39 is 0 Å². The lowest BCUT2D eigenvalue weighted by Crippen LogP contribution is -2.18. The van der Waals surface area contributed by atoms with E-state index in [1.807, 2.05) is 18.2 Å². The molecule has 1 aromatic carbocycles. The number of hydrogen-bond acceptors (Lipinski definition) is 4. The van der Waals surface area contributed by atoms with Crippen LogP contribution in [0.2, 0.25) is 0 Å². The summed E-state index contributed by atoms with van der Waals surface area (Å²) >= 11 is 0. The summed E-state index contributed by atoms with van der Waals surface area (Å²) in [7, 11) is 0. The summed E-state index contributed by atoms with van der Waals surface area (Å²) in [6.07, 6.45) is 9.12. The van der Waals surface area contributed by atoms with Crippen LogP contribution in [0.4, 0.5) is 17.2 Å². The Morgan fingerprint density at radius 2 is 1.73 bits per heavy atom. The zero-order chi connectivity index (χ0) is 17.8. The first-order valence-corrected chi connectivity index (χ1v) is 9.67. The zero-order valence-corrected chi connectivity index (χ0v) is 15.1. The molecule has 1 aliphatic heterocycles. The van der Waals surface area contributed by atoms with Crippen molar-refractivity contribution in [3.8, 4) is 0 Å². The van der Waals surface area contributed by atoms with Crippen molar-refractivity contribution in [3.05, 3.63) is 48.2 Å². The minimum absolute atomic E-state index is 0.101. The number of anilines is 3. The molecule has 1 aliphatic carbocycles. The van der Waals surface area contributed by atoms with Gasteiger partial charge in [0, 0.05) is 42.3 Å². The molecule has 5 nitrogen and oxygen atoms in total. The number of benzene rings is 1. The first-order chi connectivity index (χ1) is 12.8. The third-order valence-corrected chi connectivity index (χ3v) is 5.33. The number of carbonyl (C=O) groups excluding carboxylic acids is 1. The van der Waals surface area contributed by atoms with Crippen molar-refractivity contribution in [1.29, 1.82) is 0 Å². The van der Waals surface area contributed by atoms with Gasteiger partial charge in [-0.3, -0.25) is 4.79 Å². The van der Waals surface area contributed by atoms with Crippen molar-refractivity contribution in [2.24, 2.45) is 0 Å². The molecule has 1 saturated carbocycles. The molecular weight excluding hydrogens is 324 g/mol. The molecule has 2 fully saturated rings. The van der Waals surface area contributed by atoms with Crippen LogP contribution in [0.15, 0.2) is 42.6 Å². The summed E-state index contributed by atoms with van der Waals surface area (Å²) < 4.78 is 0. The maximum atomic E-state index is 12.6. The molecular formula is C21H26N4O. The maximum Gasteiger partial charge on any atom is 0.255 e. The molecule has 1 aromatic heterocycles. The average molecular weight is 350 g/mol. The maximum absolute atomic E-state index is 12.6. The molecule has 2 aliphatic rings. The fourth-order valence-electron chi connectivity index (χ4n) is 3.86. The van der Waals surface area contributed by atoms with E-state index in [1.54, 1.807) is 12.3 Å². The smallest absolute Gasteiger partial charge is 0.255 e. The van der Waals surface area contributed by atoms with Crippen LogP contribution in [0.1, 0.15) is 48.9 Å². The number of hydrogen-bond donors (Lipinski definition) is 2. The lowest BCUT2D eigenvalue weighted by Gasteiger charge is -2.18. The first kappa shape index (κ1) is 16.9. The third-order valence-electron chi connectivity index (χ3n) is 5.33. The lowest BCUT2D eigenvalue weighted by atomic mass is 10.2. The quantitative estimate of drug-likeness (QED) is 0.845. The van der Waals surface area contributed by atoms with E-state index >= 15 is 0 Å². The molecule has 2 heterocycles. The molecule has 5 heteroatoms. The number of nitrogens with zero attached hydrogens (tertiary/aromatic N) is 2. The van der Waals surface area contributed by atoms with Gasteiger partial charge in [0.2, 0.25) is 0 Å². The molecule has 0 unspecified atom stereocenters. The second kappa shape index (κ2) is 7.77. The minimum atomic E-state index is -0.101. The molecule has 0 spiro atoms. The molecule has 136 valence electrons. The van der Waals surface area contributed by atoms with Crippen LogP contribution in [-0.4, -0.2) is 30.0 Å². The van der Waals surface area contributed by atoms with Gasteiger partial charge in [-0.05, 0) is 62.1 Å². The fraction of sp³-hybridized carbons (Fsp3) is 0.429. The molecule has 0 radical (unpaired) electrons. The summed E-state index contributed by atoms with van der Waals surface area (Å²) in [5.74, 6) is 0.685. The SMILES string of the molecule is O=C(Nc1ccc(N2CCCC2)cc1)c1ccnc(NC2CCCC2)c1. The lowest BCUT2D eigenvalue weighted by molar-refractivity contribution is 0.102. The van der Waals surface area contributed by atoms with Gasteiger partial charge in [0.25, 0.3) is 5.91 Å². The van der Waals surface area contributed by atoms with Crippen LogP contribution in [0.5, 0.6) is 0 Å². The van der Waals surface area contributed by atoms with Crippen molar-refractivity contribution >= 4 is 23.1 Å². The van der Waals surface area contributed by atoms with E-state index in [0.717, 1.165) is 24.6 Å². The van der Waals surface area contributed by atoms with Gasteiger partial charge in [0.05, 0.1) is 0 Å². The summed E-state index contributed by atoms with van der Waals surface area (Å²) in [6.45, 7) is 2.25. The Balaban J connectivity index is 1.39. The van der Waals surface area contributed by atoms with Crippen molar-refractivity contribution in [2.45, 2.75) is 44.6 Å². The Labute approximate surface area is 154 Å². The Bertz CT molecular complexity index is 747. The Kier molecular flexibility index (Phi) is 5.04. The second-order valence-electron chi connectivity index (χ2n) is 7.25.